The van der Waals surface area contributed by atoms with Gasteiger partial charge in [-0.2, -0.15) is 0 Å². The van der Waals surface area contributed by atoms with Crippen molar-refractivity contribution in [2.45, 2.75) is 25.9 Å². The minimum atomic E-state index is -0.191. The molecule has 6 rings (SSSR count). The maximum Gasteiger partial charge on any atom is 0.267 e. The Bertz CT molecular complexity index is 1480. The van der Waals surface area contributed by atoms with Crippen LogP contribution in [-0.4, -0.2) is 69.9 Å². The Kier molecular flexibility index (Phi) is 6.94. The number of benzene rings is 1. The van der Waals surface area contributed by atoms with Crippen LogP contribution in [0.5, 0.6) is 0 Å². The third-order valence-electron chi connectivity index (χ3n) is 7.25. The molecule has 1 aromatic carbocycles. The van der Waals surface area contributed by atoms with Crippen LogP contribution in [0.4, 0.5) is 11.5 Å². The zero-order valence-corrected chi connectivity index (χ0v) is 22.8. The van der Waals surface area contributed by atoms with Gasteiger partial charge in [0.2, 0.25) is 0 Å². The Hall–Kier alpha value is -3.21. The Labute approximate surface area is 230 Å². The maximum atomic E-state index is 13.8. The van der Waals surface area contributed by atoms with Gasteiger partial charge in [-0.25, -0.2) is 4.98 Å². The van der Waals surface area contributed by atoms with Crippen molar-refractivity contribution in [2.75, 3.05) is 49.1 Å². The number of aromatic nitrogens is 2. The maximum absolute atomic E-state index is 13.8. The van der Waals surface area contributed by atoms with Gasteiger partial charge in [0.25, 0.3) is 11.5 Å². The van der Waals surface area contributed by atoms with E-state index in [0.717, 1.165) is 38.1 Å². The molecule has 0 N–H and O–H groups in total. The normalized spacial score (nSPS) is 21.3. The van der Waals surface area contributed by atoms with Crippen LogP contribution in [0.25, 0.3) is 11.7 Å². The predicted octanol–water partition coefficient (Wildman–Crippen LogP) is 3.71. The van der Waals surface area contributed by atoms with Crippen molar-refractivity contribution in [1.82, 2.24) is 14.3 Å². The molecule has 0 spiro atoms. The molecule has 10 heteroatoms. The number of amides is 1. The molecule has 0 radical (unpaired) electrons. The molecule has 0 saturated carbocycles. The second kappa shape index (κ2) is 10.5. The summed E-state index contributed by atoms with van der Waals surface area (Å²) in [7, 11) is 0. The van der Waals surface area contributed by atoms with E-state index < -0.39 is 0 Å². The molecule has 2 aromatic heterocycles. The Balaban J connectivity index is 1.35. The summed E-state index contributed by atoms with van der Waals surface area (Å²) in [6.07, 6.45) is 5.41. The second-order valence-corrected chi connectivity index (χ2v) is 11.5. The third-order valence-corrected chi connectivity index (χ3v) is 8.62. The number of nitrogens with zero attached hydrogens (tertiary/aromatic N) is 5. The van der Waals surface area contributed by atoms with Crippen LogP contribution < -0.4 is 15.4 Å². The fraction of sp³-hybridized carbons (Fsp3) is 0.357. The lowest BCUT2D eigenvalue weighted by atomic mass is 10.2. The summed E-state index contributed by atoms with van der Waals surface area (Å²) in [5, 5.41) is 0. The SMILES string of the molecule is Cc1ccc2nc(N3CCN(c4ccccc4)CC3)c(/C=C3\SC(=S)N(CC4CCCO4)C3=O)c(=O)n2c1. The van der Waals surface area contributed by atoms with Crippen LogP contribution in [0.1, 0.15) is 24.0 Å². The van der Waals surface area contributed by atoms with Gasteiger partial charge in [-0.05, 0) is 49.6 Å². The molecular weight excluding hydrogens is 518 g/mol. The molecule has 5 heterocycles. The first kappa shape index (κ1) is 25.1. The van der Waals surface area contributed by atoms with Crippen molar-refractivity contribution in [3.8, 4) is 0 Å². The molecule has 3 aromatic rings. The average molecular weight is 548 g/mol. The molecule has 8 nitrogen and oxygen atoms in total. The topological polar surface area (TPSA) is 70.4 Å². The van der Waals surface area contributed by atoms with E-state index in [1.165, 1.54) is 17.4 Å². The minimum Gasteiger partial charge on any atom is -0.376 e. The summed E-state index contributed by atoms with van der Waals surface area (Å²) >= 11 is 6.79. The monoisotopic (exact) mass is 547 g/mol. The number of ether oxygens (including phenoxy) is 1. The molecular formula is C28H29N5O3S2. The van der Waals surface area contributed by atoms with Gasteiger partial charge in [0.1, 0.15) is 15.8 Å². The Morgan fingerprint density at radius 3 is 2.58 bits per heavy atom. The Morgan fingerprint density at radius 1 is 1.08 bits per heavy atom. The number of pyridine rings is 1. The van der Waals surface area contributed by atoms with Crippen molar-refractivity contribution in [1.29, 1.82) is 0 Å². The highest BCUT2D eigenvalue weighted by Crippen LogP contribution is 2.34. The first-order valence-electron chi connectivity index (χ1n) is 12.9. The van der Waals surface area contributed by atoms with Gasteiger partial charge >= 0.3 is 0 Å². The second-order valence-electron chi connectivity index (χ2n) is 9.83. The first-order chi connectivity index (χ1) is 18.5. The molecule has 0 aliphatic carbocycles. The number of carbonyl (C=O) groups excluding carboxylic acids is 1. The van der Waals surface area contributed by atoms with Crippen molar-refractivity contribution in [3.05, 3.63) is 75.0 Å². The van der Waals surface area contributed by atoms with Crippen LogP contribution in [0.3, 0.4) is 0 Å². The number of thioether (sulfide) groups is 1. The molecule has 3 aliphatic heterocycles. The standard InChI is InChI=1S/C28H29N5O3S2/c1-19-9-10-24-29-25(31-13-11-30(12-14-31)20-6-3-2-4-7-20)22(26(34)32(24)17-19)16-23-27(35)33(28(37)38-23)18-21-8-5-15-36-21/h2-4,6-7,9-10,16-17,21H,5,8,11-15,18H2,1H3/b23-16-. The smallest absolute Gasteiger partial charge is 0.267 e. The van der Waals surface area contributed by atoms with E-state index in [9.17, 15) is 9.59 Å². The van der Waals surface area contributed by atoms with Crippen LogP contribution in [0, 0.1) is 6.92 Å². The van der Waals surface area contributed by atoms with Gasteiger partial charge in [0.15, 0.2) is 0 Å². The molecule has 1 unspecified atom stereocenters. The van der Waals surface area contributed by atoms with Gasteiger partial charge in [0.05, 0.1) is 23.1 Å². The number of aryl methyl sites for hydroxylation is 1. The van der Waals surface area contributed by atoms with Crippen LogP contribution >= 0.6 is 24.0 Å². The number of piperazine rings is 1. The first-order valence-corrected chi connectivity index (χ1v) is 14.2. The summed E-state index contributed by atoms with van der Waals surface area (Å²) in [5.74, 6) is 0.431. The van der Waals surface area contributed by atoms with Crippen molar-refractivity contribution in [3.63, 3.8) is 0 Å². The van der Waals surface area contributed by atoms with E-state index in [4.69, 9.17) is 21.9 Å². The van der Waals surface area contributed by atoms with E-state index in [1.807, 2.05) is 37.3 Å². The fourth-order valence-corrected chi connectivity index (χ4v) is 6.47. The summed E-state index contributed by atoms with van der Waals surface area (Å²) in [6.45, 7) is 6.15. The zero-order valence-electron chi connectivity index (χ0n) is 21.2. The highest BCUT2D eigenvalue weighted by atomic mass is 32.2. The van der Waals surface area contributed by atoms with Gasteiger partial charge in [-0.3, -0.25) is 18.9 Å². The van der Waals surface area contributed by atoms with Gasteiger partial charge in [-0.1, -0.05) is 48.2 Å². The van der Waals surface area contributed by atoms with E-state index in [2.05, 4.69) is 21.9 Å². The molecule has 1 atom stereocenters. The van der Waals surface area contributed by atoms with Gasteiger partial charge in [-0.15, -0.1) is 0 Å². The van der Waals surface area contributed by atoms with Crippen molar-refractivity contribution < 1.29 is 9.53 Å². The zero-order chi connectivity index (χ0) is 26.2. The molecule has 3 aliphatic rings. The summed E-state index contributed by atoms with van der Waals surface area (Å²) in [6, 6.07) is 14.2. The molecule has 3 saturated heterocycles. The number of fused-ring (bicyclic) bond motifs is 1. The number of hydrogen-bond acceptors (Lipinski definition) is 8. The number of hydrogen-bond donors (Lipinski definition) is 0. The lowest BCUT2D eigenvalue weighted by molar-refractivity contribution is -0.123. The van der Waals surface area contributed by atoms with Gasteiger partial charge in [0, 0.05) is 44.7 Å². The highest BCUT2D eigenvalue weighted by Gasteiger charge is 2.35. The molecule has 196 valence electrons. The minimum absolute atomic E-state index is 0.00394. The quantitative estimate of drug-likeness (QED) is 0.354. The van der Waals surface area contributed by atoms with Crippen molar-refractivity contribution >= 4 is 57.4 Å². The van der Waals surface area contributed by atoms with E-state index >= 15 is 0 Å². The lowest BCUT2D eigenvalue weighted by Crippen LogP contribution is -2.47. The summed E-state index contributed by atoms with van der Waals surface area (Å²) in [4.78, 5) is 38.7. The van der Waals surface area contributed by atoms with Crippen LogP contribution in [0.15, 0.2) is 58.4 Å². The summed E-state index contributed by atoms with van der Waals surface area (Å²) in [5.41, 5.74) is 2.95. The van der Waals surface area contributed by atoms with Crippen LogP contribution in [-0.2, 0) is 9.53 Å². The van der Waals surface area contributed by atoms with Gasteiger partial charge < -0.3 is 14.5 Å². The number of rotatable bonds is 5. The largest absolute Gasteiger partial charge is 0.376 e. The number of para-hydroxylation sites is 1. The molecule has 3 fully saturated rings. The summed E-state index contributed by atoms with van der Waals surface area (Å²) < 4.78 is 7.79. The Morgan fingerprint density at radius 2 is 1.84 bits per heavy atom. The van der Waals surface area contributed by atoms with E-state index in [-0.39, 0.29) is 17.6 Å². The highest BCUT2D eigenvalue weighted by molar-refractivity contribution is 8.26. The van der Waals surface area contributed by atoms with E-state index in [0.29, 0.717) is 45.9 Å². The van der Waals surface area contributed by atoms with Crippen LogP contribution in [0.2, 0.25) is 0 Å². The number of anilines is 2. The predicted molar refractivity (Wildman–Crippen MR) is 156 cm³/mol. The third kappa shape index (κ3) is 4.83. The molecule has 38 heavy (non-hydrogen) atoms. The molecule has 1 amide bonds. The van der Waals surface area contributed by atoms with Crippen molar-refractivity contribution in [2.24, 2.45) is 0 Å². The fourth-order valence-electron chi connectivity index (χ4n) is 5.21. The number of carbonyl (C=O) groups is 1. The lowest BCUT2D eigenvalue weighted by Gasteiger charge is -2.37. The number of thiocarbonyl (C=S) groups is 1. The van der Waals surface area contributed by atoms with E-state index in [1.54, 1.807) is 21.6 Å². The molecule has 0 bridgehead atoms. The average Bonchev–Trinajstić information content (AvgIpc) is 3.55.